The topological polar surface area (TPSA) is 72.7 Å². The van der Waals surface area contributed by atoms with Crippen molar-refractivity contribution in [2.45, 2.75) is 13.0 Å². The summed E-state index contributed by atoms with van der Waals surface area (Å²) < 4.78 is 10.3. The molecule has 0 atom stereocenters. The van der Waals surface area contributed by atoms with Crippen LogP contribution in [0.15, 0.2) is 48.8 Å². The van der Waals surface area contributed by atoms with Gasteiger partial charge in [-0.25, -0.2) is 4.98 Å². The summed E-state index contributed by atoms with van der Waals surface area (Å²) in [6.07, 6.45) is 4.48. The number of carbonyl (C=O) groups is 1. The summed E-state index contributed by atoms with van der Waals surface area (Å²) >= 11 is 1.10. The van der Waals surface area contributed by atoms with Crippen molar-refractivity contribution in [2.75, 3.05) is 6.54 Å². The number of para-hydroxylation sites is 1. The number of pyridine rings is 1. The quantitative estimate of drug-likeness (QED) is 0.568. The third-order valence-corrected chi connectivity index (χ3v) is 4.45. The highest BCUT2D eigenvalue weighted by Gasteiger charge is 2.08. The number of carbonyl (C=O) groups excluding carboxylic acids is 1. The van der Waals surface area contributed by atoms with Crippen molar-refractivity contribution >= 4 is 39.7 Å². The summed E-state index contributed by atoms with van der Waals surface area (Å²) in [7, 11) is 0. The molecule has 120 valence electrons. The SMILES string of the molecule is O=C(NCCCn1ccc2ccccc21)c1cnc2nsnc2c1. The van der Waals surface area contributed by atoms with Gasteiger partial charge in [0.2, 0.25) is 0 Å². The number of amides is 1. The number of nitrogens with one attached hydrogen (secondary N) is 1. The fourth-order valence-electron chi connectivity index (χ4n) is 2.70. The number of hydrogen-bond donors (Lipinski definition) is 1. The zero-order valence-electron chi connectivity index (χ0n) is 12.8. The Morgan fingerprint density at radius 2 is 2.12 bits per heavy atom. The third-order valence-electron chi connectivity index (χ3n) is 3.92. The Kier molecular flexibility index (Phi) is 3.92. The molecule has 3 aromatic heterocycles. The van der Waals surface area contributed by atoms with Crippen molar-refractivity contribution in [3.63, 3.8) is 0 Å². The van der Waals surface area contributed by atoms with Crippen LogP contribution in [0, 0.1) is 0 Å². The lowest BCUT2D eigenvalue weighted by atomic mass is 10.2. The first kappa shape index (κ1) is 14.8. The van der Waals surface area contributed by atoms with Crippen molar-refractivity contribution in [3.05, 3.63) is 54.4 Å². The van der Waals surface area contributed by atoms with Crippen molar-refractivity contribution in [3.8, 4) is 0 Å². The van der Waals surface area contributed by atoms with Gasteiger partial charge in [-0.3, -0.25) is 4.79 Å². The summed E-state index contributed by atoms with van der Waals surface area (Å²) in [6, 6.07) is 12.1. The van der Waals surface area contributed by atoms with E-state index in [1.54, 1.807) is 12.3 Å². The van der Waals surface area contributed by atoms with Gasteiger partial charge in [0.1, 0.15) is 5.52 Å². The van der Waals surface area contributed by atoms with E-state index in [1.165, 1.54) is 10.9 Å². The fourth-order valence-corrected chi connectivity index (χ4v) is 3.18. The van der Waals surface area contributed by atoms with Crippen molar-refractivity contribution in [2.24, 2.45) is 0 Å². The molecular formula is C17H15N5OS. The first-order valence-corrected chi connectivity index (χ1v) is 8.45. The minimum Gasteiger partial charge on any atom is -0.352 e. The van der Waals surface area contributed by atoms with Crippen LogP contribution in [0.5, 0.6) is 0 Å². The van der Waals surface area contributed by atoms with Crippen molar-refractivity contribution < 1.29 is 4.79 Å². The molecule has 0 fully saturated rings. The molecule has 3 heterocycles. The largest absolute Gasteiger partial charge is 0.352 e. The Morgan fingerprint density at radius 3 is 3.08 bits per heavy atom. The van der Waals surface area contributed by atoms with E-state index in [4.69, 9.17) is 0 Å². The molecule has 24 heavy (non-hydrogen) atoms. The maximum atomic E-state index is 12.2. The van der Waals surface area contributed by atoms with Gasteiger partial charge in [0, 0.05) is 31.0 Å². The van der Waals surface area contributed by atoms with E-state index in [9.17, 15) is 4.79 Å². The van der Waals surface area contributed by atoms with Crippen LogP contribution in [-0.4, -0.2) is 30.8 Å². The molecule has 0 saturated heterocycles. The molecule has 7 heteroatoms. The summed E-state index contributed by atoms with van der Waals surface area (Å²) in [5.74, 6) is -0.130. The second kappa shape index (κ2) is 6.37. The zero-order valence-corrected chi connectivity index (χ0v) is 13.7. The monoisotopic (exact) mass is 337 g/mol. The Balaban J connectivity index is 1.34. The van der Waals surface area contributed by atoms with Gasteiger partial charge in [0.25, 0.3) is 5.91 Å². The maximum Gasteiger partial charge on any atom is 0.252 e. The van der Waals surface area contributed by atoms with Crippen LogP contribution in [0.25, 0.3) is 22.1 Å². The number of rotatable bonds is 5. The van der Waals surface area contributed by atoms with Gasteiger partial charge in [0.15, 0.2) is 5.65 Å². The predicted octanol–water partition coefficient (Wildman–Crippen LogP) is 2.86. The average molecular weight is 337 g/mol. The molecule has 6 nitrogen and oxygen atoms in total. The summed E-state index contributed by atoms with van der Waals surface area (Å²) in [5, 5.41) is 4.16. The van der Waals surface area contributed by atoms with Crippen LogP contribution in [-0.2, 0) is 6.54 Å². The number of fused-ring (bicyclic) bond motifs is 2. The van der Waals surface area contributed by atoms with E-state index in [-0.39, 0.29) is 5.91 Å². The second-order valence-corrected chi connectivity index (χ2v) is 6.04. The lowest BCUT2D eigenvalue weighted by Crippen LogP contribution is -2.25. The molecule has 4 aromatic rings. The van der Waals surface area contributed by atoms with Crippen LogP contribution in [0.1, 0.15) is 16.8 Å². The molecule has 0 unspecified atom stereocenters. The number of nitrogens with zero attached hydrogens (tertiary/aromatic N) is 4. The van der Waals surface area contributed by atoms with Crippen molar-refractivity contribution in [1.82, 2.24) is 23.6 Å². The zero-order chi connectivity index (χ0) is 16.4. The van der Waals surface area contributed by atoms with Gasteiger partial charge < -0.3 is 9.88 Å². The molecule has 0 spiro atoms. The maximum absolute atomic E-state index is 12.2. The highest BCUT2D eigenvalue weighted by atomic mass is 32.1. The molecule has 0 saturated carbocycles. The van der Waals surface area contributed by atoms with Gasteiger partial charge in [-0.1, -0.05) is 18.2 Å². The summed E-state index contributed by atoms with van der Waals surface area (Å²) in [4.78, 5) is 16.3. The van der Waals surface area contributed by atoms with Crippen LogP contribution in [0.2, 0.25) is 0 Å². The first-order chi connectivity index (χ1) is 11.8. The molecule has 0 aliphatic carbocycles. The Morgan fingerprint density at radius 1 is 1.21 bits per heavy atom. The van der Waals surface area contributed by atoms with E-state index < -0.39 is 0 Å². The standard InChI is InChI=1S/C17H15N5OS/c23-17(13-10-14-16(19-11-13)21-24-20-14)18-7-3-8-22-9-6-12-4-1-2-5-15(12)22/h1-2,4-6,9-11H,3,7-8H2,(H,18,23). The number of aryl methyl sites for hydroxylation is 1. The Hall–Kier alpha value is -2.80. The van der Waals surface area contributed by atoms with E-state index in [2.05, 4.69) is 48.0 Å². The highest BCUT2D eigenvalue weighted by molar-refractivity contribution is 7.00. The van der Waals surface area contributed by atoms with Crippen molar-refractivity contribution in [1.29, 1.82) is 0 Å². The second-order valence-electron chi connectivity index (χ2n) is 5.51. The molecule has 0 radical (unpaired) electrons. The van der Waals surface area contributed by atoms with Gasteiger partial charge in [-0.2, -0.15) is 8.75 Å². The van der Waals surface area contributed by atoms with E-state index in [0.717, 1.165) is 24.7 Å². The van der Waals surface area contributed by atoms with Gasteiger partial charge in [0.05, 0.1) is 17.3 Å². The molecular weight excluding hydrogens is 322 g/mol. The third kappa shape index (κ3) is 2.85. The Bertz CT molecular complexity index is 1010. The molecule has 1 aromatic carbocycles. The minimum absolute atomic E-state index is 0.130. The molecule has 1 N–H and O–H groups in total. The van der Waals surface area contributed by atoms with Crippen LogP contribution < -0.4 is 5.32 Å². The molecule has 4 rings (SSSR count). The van der Waals surface area contributed by atoms with E-state index >= 15 is 0 Å². The smallest absolute Gasteiger partial charge is 0.252 e. The predicted molar refractivity (Wildman–Crippen MR) is 94.1 cm³/mol. The van der Waals surface area contributed by atoms with Crippen LogP contribution >= 0.6 is 11.7 Å². The lowest BCUT2D eigenvalue weighted by Gasteiger charge is -2.07. The van der Waals surface area contributed by atoms with Gasteiger partial charge >= 0.3 is 0 Å². The van der Waals surface area contributed by atoms with Gasteiger partial charge in [-0.15, -0.1) is 0 Å². The lowest BCUT2D eigenvalue weighted by molar-refractivity contribution is 0.0952. The fraction of sp³-hybridized carbons (Fsp3) is 0.176. The number of aromatic nitrogens is 4. The van der Waals surface area contributed by atoms with Crippen LogP contribution in [0.3, 0.4) is 0 Å². The Labute approximate surface area is 142 Å². The number of benzene rings is 1. The highest BCUT2D eigenvalue weighted by Crippen LogP contribution is 2.15. The average Bonchev–Trinajstić information content (AvgIpc) is 3.24. The van der Waals surface area contributed by atoms with E-state index in [0.29, 0.717) is 23.3 Å². The van der Waals surface area contributed by atoms with E-state index in [1.807, 2.05) is 12.1 Å². The molecule has 0 aliphatic heterocycles. The number of hydrogen-bond acceptors (Lipinski definition) is 5. The summed E-state index contributed by atoms with van der Waals surface area (Å²) in [6.45, 7) is 1.47. The van der Waals surface area contributed by atoms with Gasteiger partial charge in [-0.05, 0) is 30.0 Å². The molecule has 1 amide bonds. The molecule has 0 aliphatic rings. The summed E-state index contributed by atoms with van der Waals surface area (Å²) in [5.41, 5.74) is 2.97. The molecule has 0 bridgehead atoms. The minimum atomic E-state index is -0.130. The van der Waals surface area contributed by atoms with Crippen LogP contribution in [0.4, 0.5) is 0 Å². The normalized spacial score (nSPS) is 11.2. The first-order valence-electron chi connectivity index (χ1n) is 7.72.